The van der Waals surface area contributed by atoms with Crippen LogP contribution in [0.2, 0.25) is 0 Å². The van der Waals surface area contributed by atoms with Crippen molar-refractivity contribution in [2.75, 3.05) is 26.2 Å². The van der Waals surface area contributed by atoms with Crippen molar-refractivity contribution in [2.45, 2.75) is 37.8 Å². The van der Waals surface area contributed by atoms with E-state index in [1.165, 1.54) is 0 Å². The highest BCUT2D eigenvalue weighted by Crippen LogP contribution is 2.35. The molecule has 2 heterocycles. The number of rotatable bonds is 3. The van der Waals surface area contributed by atoms with Crippen LogP contribution < -0.4 is 9.80 Å². The Hall–Kier alpha value is -1.50. The first-order chi connectivity index (χ1) is 10.6. The number of non-ortho nitro benzene ring substituents is 1. The molecule has 2 fully saturated rings. The molecule has 0 amide bonds. The second-order valence-corrected chi connectivity index (χ2v) is 6.49. The average molecular weight is 306 g/mol. The van der Waals surface area contributed by atoms with Crippen LogP contribution in [0.1, 0.15) is 25.7 Å². The van der Waals surface area contributed by atoms with Crippen LogP contribution in [0.3, 0.4) is 0 Å². The quantitative estimate of drug-likeness (QED) is 0.507. The molecule has 2 saturated heterocycles. The van der Waals surface area contributed by atoms with Gasteiger partial charge in [-0.1, -0.05) is 0 Å². The zero-order valence-electron chi connectivity index (χ0n) is 12.8. The maximum atomic E-state index is 10.9. The smallest absolute Gasteiger partial charge is 0.269 e. The van der Waals surface area contributed by atoms with Crippen LogP contribution in [-0.4, -0.2) is 48.4 Å². The second-order valence-electron chi connectivity index (χ2n) is 6.49. The minimum absolute atomic E-state index is 0.129. The normalized spacial score (nSPS) is 30.1. The van der Waals surface area contributed by atoms with E-state index in [0.29, 0.717) is 6.04 Å². The Labute approximate surface area is 130 Å². The van der Waals surface area contributed by atoms with Crippen molar-refractivity contribution in [3.05, 3.63) is 34.4 Å². The molecule has 6 heteroatoms. The van der Waals surface area contributed by atoms with Gasteiger partial charge < -0.3 is 10.4 Å². The standard InChI is InChI=1S/C16H24N3O3/c20-16-2-1-11-19(12-16,15-7-9-17-10-8-15)14-5-3-13(4-6-14)18(21)22/h3-6,15-17,20H,1-2,7-12H2/q+1. The van der Waals surface area contributed by atoms with E-state index in [1.807, 2.05) is 12.1 Å². The molecule has 0 aromatic heterocycles. The van der Waals surface area contributed by atoms with Crippen molar-refractivity contribution in [2.24, 2.45) is 0 Å². The first-order valence-corrected chi connectivity index (χ1v) is 8.12. The Morgan fingerprint density at radius 2 is 1.86 bits per heavy atom. The van der Waals surface area contributed by atoms with Crippen molar-refractivity contribution < 1.29 is 10.0 Å². The van der Waals surface area contributed by atoms with E-state index >= 15 is 0 Å². The molecule has 0 bridgehead atoms. The Morgan fingerprint density at radius 3 is 2.45 bits per heavy atom. The van der Waals surface area contributed by atoms with Crippen molar-refractivity contribution in [1.82, 2.24) is 9.80 Å². The highest BCUT2D eigenvalue weighted by molar-refractivity contribution is 5.49. The number of nitro groups is 1. The van der Waals surface area contributed by atoms with E-state index < -0.39 is 0 Å². The Balaban J connectivity index is 1.95. The van der Waals surface area contributed by atoms with E-state index in [1.54, 1.807) is 12.1 Å². The number of likely N-dealkylation sites (tertiary alicyclic amines) is 1. The summed E-state index contributed by atoms with van der Waals surface area (Å²) in [5.74, 6) is 0. The van der Waals surface area contributed by atoms with Crippen LogP contribution in [0.4, 0.5) is 11.4 Å². The summed E-state index contributed by atoms with van der Waals surface area (Å²) in [6.07, 6.45) is 3.76. The Kier molecular flexibility index (Phi) is 4.42. The molecule has 2 aliphatic rings. The Bertz CT molecular complexity index is 528. The van der Waals surface area contributed by atoms with Crippen molar-refractivity contribution in [3.63, 3.8) is 0 Å². The summed E-state index contributed by atoms with van der Waals surface area (Å²) in [7, 11) is 0. The third-order valence-corrected chi connectivity index (χ3v) is 5.21. The van der Waals surface area contributed by atoms with E-state index in [2.05, 4.69) is 5.32 Å². The first-order valence-electron chi connectivity index (χ1n) is 8.12. The van der Waals surface area contributed by atoms with Gasteiger partial charge in [0, 0.05) is 50.2 Å². The highest BCUT2D eigenvalue weighted by atomic mass is 16.6. The molecule has 0 radical (unpaired) electrons. The van der Waals surface area contributed by atoms with Gasteiger partial charge >= 0.3 is 0 Å². The summed E-state index contributed by atoms with van der Waals surface area (Å²) in [6.45, 7) is 3.75. The molecule has 120 valence electrons. The summed E-state index contributed by atoms with van der Waals surface area (Å²) < 4.78 is 0.779. The maximum absolute atomic E-state index is 10.9. The maximum Gasteiger partial charge on any atom is 0.269 e. The number of piperidine rings is 2. The molecule has 2 N–H and O–H groups in total. The lowest BCUT2D eigenvalue weighted by Gasteiger charge is -2.49. The molecule has 1 aromatic carbocycles. The number of aliphatic hydroxyl groups excluding tert-OH is 1. The summed E-state index contributed by atoms with van der Waals surface area (Å²) in [5, 5.41) is 24.5. The monoisotopic (exact) mass is 306 g/mol. The van der Waals surface area contributed by atoms with Gasteiger partial charge in [-0.15, -0.1) is 0 Å². The van der Waals surface area contributed by atoms with Gasteiger partial charge in [0.05, 0.1) is 17.5 Å². The number of quaternary nitrogens is 1. The molecular formula is C16H24N3O3+. The summed E-state index contributed by atoms with van der Waals surface area (Å²) in [4.78, 5) is 10.5. The van der Waals surface area contributed by atoms with E-state index in [9.17, 15) is 15.2 Å². The molecule has 0 aliphatic carbocycles. The first kappa shape index (κ1) is 15.4. The van der Waals surface area contributed by atoms with E-state index in [0.717, 1.165) is 62.0 Å². The predicted octanol–water partition coefficient (Wildman–Crippen LogP) is 1.81. The molecule has 2 aliphatic heterocycles. The topological polar surface area (TPSA) is 75.4 Å². The van der Waals surface area contributed by atoms with Gasteiger partial charge in [-0.2, -0.15) is 0 Å². The zero-order valence-corrected chi connectivity index (χ0v) is 12.8. The molecule has 0 saturated carbocycles. The van der Waals surface area contributed by atoms with Gasteiger partial charge in [0.1, 0.15) is 18.3 Å². The van der Waals surface area contributed by atoms with Crippen LogP contribution in [0.25, 0.3) is 0 Å². The largest absolute Gasteiger partial charge is 0.387 e. The fourth-order valence-corrected chi connectivity index (χ4v) is 4.12. The third kappa shape index (κ3) is 2.86. The number of nitrogens with one attached hydrogen (secondary N) is 1. The van der Waals surface area contributed by atoms with Crippen molar-refractivity contribution in [3.8, 4) is 0 Å². The lowest BCUT2D eigenvalue weighted by Crippen LogP contribution is -2.64. The van der Waals surface area contributed by atoms with Gasteiger partial charge in [-0.05, 0) is 12.8 Å². The summed E-state index contributed by atoms with van der Waals surface area (Å²) in [5.41, 5.74) is 1.24. The third-order valence-electron chi connectivity index (χ3n) is 5.21. The number of aliphatic hydroxyl groups is 1. The molecule has 2 atom stereocenters. The van der Waals surface area contributed by atoms with Crippen molar-refractivity contribution >= 4 is 11.4 Å². The van der Waals surface area contributed by atoms with Crippen LogP contribution in [0, 0.1) is 10.1 Å². The number of nitrogens with zero attached hydrogens (tertiary/aromatic N) is 2. The number of hydrogen-bond donors (Lipinski definition) is 2. The number of benzene rings is 1. The number of nitro benzene ring substituents is 1. The predicted molar refractivity (Wildman–Crippen MR) is 85.8 cm³/mol. The average Bonchev–Trinajstić information content (AvgIpc) is 2.55. The number of hydrogen-bond acceptors (Lipinski definition) is 4. The Morgan fingerprint density at radius 1 is 1.18 bits per heavy atom. The van der Waals surface area contributed by atoms with Crippen LogP contribution in [0.5, 0.6) is 0 Å². The van der Waals surface area contributed by atoms with Gasteiger partial charge in [0.15, 0.2) is 0 Å². The summed E-state index contributed by atoms with van der Waals surface area (Å²) in [6, 6.07) is 7.45. The van der Waals surface area contributed by atoms with E-state index in [-0.39, 0.29) is 16.7 Å². The highest BCUT2D eigenvalue weighted by Gasteiger charge is 2.43. The molecule has 2 unspecified atom stereocenters. The lowest BCUT2D eigenvalue weighted by atomic mass is 9.94. The van der Waals surface area contributed by atoms with Crippen LogP contribution in [0.15, 0.2) is 24.3 Å². The summed E-state index contributed by atoms with van der Waals surface area (Å²) >= 11 is 0. The minimum Gasteiger partial charge on any atom is -0.387 e. The van der Waals surface area contributed by atoms with E-state index in [4.69, 9.17) is 0 Å². The minimum atomic E-state index is -0.357. The fourth-order valence-electron chi connectivity index (χ4n) is 4.12. The SMILES string of the molecule is O=[N+]([O-])c1ccc([N+]2(C3CCNCC3)CCCC(O)C2)cc1. The zero-order chi connectivity index (χ0) is 15.6. The molecule has 3 rings (SSSR count). The second kappa shape index (κ2) is 6.32. The van der Waals surface area contributed by atoms with Gasteiger partial charge in [0.2, 0.25) is 0 Å². The molecular weight excluding hydrogens is 282 g/mol. The van der Waals surface area contributed by atoms with Crippen molar-refractivity contribution in [1.29, 1.82) is 0 Å². The molecule has 1 aromatic rings. The van der Waals surface area contributed by atoms with Gasteiger partial charge in [-0.25, -0.2) is 0 Å². The van der Waals surface area contributed by atoms with Crippen LogP contribution in [-0.2, 0) is 0 Å². The van der Waals surface area contributed by atoms with Crippen LogP contribution >= 0.6 is 0 Å². The van der Waals surface area contributed by atoms with Gasteiger partial charge in [0.25, 0.3) is 5.69 Å². The lowest BCUT2D eigenvalue weighted by molar-refractivity contribution is -0.384. The molecule has 6 nitrogen and oxygen atoms in total. The van der Waals surface area contributed by atoms with Gasteiger partial charge in [-0.3, -0.25) is 14.6 Å². The fraction of sp³-hybridized carbons (Fsp3) is 0.625. The molecule has 22 heavy (non-hydrogen) atoms. The molecule has 0 spiro atoms.